The van der Waals surface area contributed by atoms with Gasteiger partial charge in [-0.25, -0.2) is 4.79 Å². The highest BCUT2D eigenvalue weighted by atomic mass is 16.5. The number of ketones is 1. The van der Waals surface area contributed by atoms with Crippen molar-refractivity contribution in [3.05, 3.63) is 90.0 Å². The standard InChI is InChI=1S/C21H19NO4/c1-2-3-5-10-20(24)26-15-19(23)16-11-13-18(14-12-16)22-21(25)17-8-6-4-7-9-17/h2-14H,15H2,1H3,(H,22,25)/b3-2+,10-5+. The molecule has 132 valence electrons. The number of Topliss-reactive ketones (excluding diaryl/α,β-unsaturated/α-hetero) is 1. The normalized spacial score (nSPS) is 10.8. The van der Waals surface area contributed by atoms with Crippen LogP contribution in [0, 0.1) is 0 Å². The van der Waals surface area contributed by atoms with E-state index in [2.05, 4.69) is 5.32 Å². The number of benzene rings is 2. The molecule has 0 aliphatic heterocycles. The van der Waals surface area contributed by atoms with Crippen molar-refractivity contribution in [1.82, 2.24) is 0 Å². The molecule has 0 bridgehead atoms. The molecule has 1 N–H and O–H groups in total. The highest BCUT2D eigenvalue weighted by molar-refractivity contribution is 6.04. The molecule has 0 atom stereocenters. The van der Waals surface area contributed by atoms with Crippen LogP contribution >= 0.6 is 0 Å². The predicted molar refractivity (Wildman–Crippen MR) is 100 cm³/mol. The van der Waals surface area contributed by atoms with Crippen molar-refractivity contribution in [2.45, 2.75) is 6.92 Å². The van der Waals surface area contributed by atoms with Gasteiger partial charge in [0.1, 0.15) is 0 Å². The van der Waals surface area contributed by atoms with Crippen molar-refractivity contribution in [3.8, 4) is 0 Å². The summed E-state index contributed by atoms with van der Waals surface area (Å²) in [7, 11) is 0. The molecule has 0 saturated heterocycles. The maximum Gasteiger partial charge on any atom is 0.331 e. The Bertz CT molecular complexity index is 821. The Morgan fingerprint density at radius 3 is 2.27 bits per heavy atom. The molecule has 2 aromatic carbocycles. The van der Waals surface area contributed by atoms with E-state index in [4.69, 9.17) is 4.74 Å². The van der Waals surface area contributed by atoms with E-state index in [0.717, 1.165) is 0 Å². The van der Waals surface area contributed by atoms with E-state index in [9.17, 15) is 14.4 Å². The monoisotopic (exact) mass is 349 g/mol. The van der Waals surface area contributed by atoms with Gasteiger partial charge < -0.3 is 10.1 Å². The summed E-state index contributed by atoms with van der Waals surface area (Å²) in [5.41, 5.74) is 1.51. The first-order valence-electron chi connectivity index (χ1n) is 8.06. The number of nitrogens with one attached hydrogen (secondary N) is 1. The first kappa shape index (κ1) is 18.9. The summed E-state index contributed by atoms with van der Waals surface area (Å²) in [6.07, 6.45) is 6.24. The van der Waals surface area contributed by atoms with Crippen molar-refractivity contribution in [1.29, 1.82) is 0 Å². The first-order chi connectivity index (χ1) is 12.6. The second-order valence-electron chi connectivity index (χ2n) is 5.31. The van der Waals surface area contributed by atoms with Gasteiger partial charge >= 0.3 is 5.97 Å². The summed E-state index contributed by atoms with van der Waals surface area (Å²) in [6.45, 7) is 1.49. The first-order valence-corrected chi connectivity index (χ1v) is 8.06. The third-order valence-corrected chi connectivity index (χ3v) is 3.38. The van der Waals surface area contributed by atoms with Crippen molar-refractivity contribution >= 4 is 23.3 Å². The quantitative estimate of drug-likeness (QED) is 0.357. The molecule has 0 aliphatic rings. The van der Waals surface area contributed by atoms with E-state index in [1.807, 2.05) is 13.0 Å². The molecular weight excluding hydrogens is 330 g/mol. The van der Waals surface area contributed by atoms with Crippen LogP contribution in [0.3, 0.4) is 0 Å². The zero-order valence-electron chi connectivity index (χ0n) is 14.3. The molecule has 0 spiro atoms. The third-order valence-electron chi connectivity index (χ3n) is 3.38. The Labute approximate surface area is 152 Å². The van der Waals surface area contributed by atoms with Gasteiger partial charge in [-0.3, -0.25) is 9.59 Å². The van der Waals surface area contributed by atoms with E-state index in [-0.39, 0.29) is 18.3 Å². The molecule has 5 nitrogen and oxygen atoms in total. The Balaban J connectivity index is 1.89. The Morgan fingerprint density at radius 1 is 0.923 bits per heavy atom. The van der Waals surface area contributed by atoms with Crippen LogP contribution in [0.15, 0.2) is 78.9 Å². The fourth-order valence-electron chi connectivity index (χ4n) is 2.05. The average Bonchev–Trinajstić information content (AvgIpc) is 2.67. The molecule has 2 rings (SSSR count). The molecule has 0 saturated carbocycles. The summed E-state index contributed by atoms with van der Waals surface area (Å²) >= 11 is 0. The minimum Gasteiger partial charge on any atom is -0.454 e. The Hall–Kier alpha value is -3.47. The van der Waals surface area contributed by atoms with Gasteiger partial charge in [0, 0.05) is 22.9 Å². The lowest BCUT2D eigenvalue weighted by Crippen LogP contribution is -2.13. The SMILES string of the molecule is C/C=C/C=C/C(=O)OCC(=O)c1ccc(NC(=O)c2ccccc2)cc1. The lowest BCUT2D eigenvalue weighted by molar-refractivity contribution is -0.136. The summed E-state index contributed by atoms with van der Waals surface area (Å²) in [6, 6.07) is 15.2. The lowest BCUT2D eigenvalue weighted by atomic mass is 10.1. The topological polar surface area (TPSA) is 72.5 Å². The summed E-state index contributed by atoms with van der Waals surface area (Å²) < 4.78 is 4.88. The fourth-order valence-corrected chi connectivity index (χ4v) is 2.05. The van der Waals surface area contributed by atoms with Crippen molar-refractivity contribution in [2.75, 3.05) is 11.9 Å². The minimum absolute atomic E-state index is 0.230. The molecule has 0 aliphatic carbocycles. The van der Waals surface area contributed by atoms with Crippen LogP contribution in [-0.2, 0) is 9.53 Å². The number of carbonyl (C=O) groups is 3. The molecule has 5 heteroatoms. The number of anilines is 1. The molecule has 1 amide bonds. The van der Waals surface area contributed by atoms with Gasteiger partial charge in [0.2, 0.25) is 0 Å². The largest absolute Gasteiger partial charge is 0.454 e. The molecule has 0 aromatic heterocycles. The number of esters is 1. The molecule has 2 aromatic rings. The smallest absolute Gasteiger partial charge is 0.331 e. The predicted octanol–water partition coefficient (Wildman–Crippen LogP) is 3.80. The third kappa shape index (κ3) is 5.87. The van der Waals surface area contributed by atoms with Crippen LogP contribution in [0.1, 0.15) is 27.6 Å². The fraction of sp³-hybridized carbons (Fsp3) is 0.0952. The average molecular weight is 349 g/mol. The minimum atomic E-state index is -0.580. The zero-order valence-corrected chi connectivity index (χ0v) is 14.3. The van der Waals surface area contributed by atoms with Crippen molar-refractivity contribution in [2.24, 2.45) is 0 Å². The summed E-state index contributed by atoms with van der Waals surface area (Å²) in [4.78, 5) is 35.5. The van der Waals surface area contributed by atoms with Gasteiger partial charge in [0.05, 0.1) is 0 Å². The molecular formula is C21H19NO4. The van der Waals surface area contributed by atoms with E-state index in [1.54, 1.807) is 60.7 Å². The highest BCUT2D eigenvalue weighted by Gasteiger charge is 2.09. The Kier molecular flexibility index (Phi) is 7.06. The second-order valence-corrected chi connectivity index (χ2v) is 5.31. The summed E-state index contributed by atoms with van der Waals surface area (Å²) in [5, 5.41) is 2.75. The zero-order chi connectivity index (χ0) is 18.8. The van der Waals surface area contributed by atoms with Gasteiger partial charge in [-0.15, -0.1) is 0 Å². The lowest BCUT2D eigenvalue weighted by Gasteiger charge is -2.06. The van der Waals surface area contributed by atoms with E-state index in [1.165, 1.54) is 12.2 Å². The molecule has 26 heavy (non-hydrogen) atoms. The van der Waals surface area contributed by atoms with Crippen LogP contribution in [0.4, 0.5) is 5.69 Å². The Morgan fingerprint density at radius 2 is 1.62 bits per heavy atom. The second kappa shape index (κ2) is 9.74. The number of allylic oxidation sites excluding steroid dienone is 3. The number of rotatable bonds is 7. The van der Waals surface area contributed by atoms with Crippen LogP contribution in [0.5, 0.6) is 0 Å². The van der Waals surface area contributed by atoms with Gasteiger partial charge in [-0.05, 0) is 43.3 Å². The number of amides is 1. The number of hydrogen-bond acceptors (Lipinski definition) is 4. The van der Waals surface area contributed by atoms with Crippen LogP contribution in [-0.4, -0.2) is 24.3 Å². The van der Waals surface area contributed by atoms with Crippen molar-refractivity contribution < 1.29 is 19.1 Å². The van der Waals surface area contributed by atoms with Gasteiger partial charge in [0.25, 0.3) is 5.91 Å². The number of carbonyl (C=O) groups excluding carboxylic acids is 3. The molecule has 0 unspecified atom stereocenters. The van der Waals surface area contributed by atoms with Crippen LogP contribution in [0.25, 0.3) is 0 Å². The van der Waals surface area contributed by atoms with E-state index >= 15 is 0 Å². The van der Waals surface area contributed by atoms with E-state index in [0.29, 0.717) is 16.8 Å². The molecule has 0 heterocycles. The van der Waals surface area contributed by atoms with Crippen molar-refractivity contribution in [3.63, 3.8) is 0 Å². The summed E-state index contributed by atoms with van der Waals surface area (Å²) in [5.74, 6) is -1.13. The molecule has 0 fully saturated rings. The number of hydrogen-bond donors (Lipinski definition) is 1. The van der Waals surface area contributed by atoms with E-state index < -0.39 is 5.97 Å². The number of ether oxygens (including phenoxy) is 1. The van der Waals surface area contributed by atoms with Crippen LogP contribution < -0.4 is 5.32 Å². The van der Waals surface area contributed by atoms with Crippen LogP contribution in [0.2, 0.25) is 0 Å². The highest BCUT2D eigenvalue weighted by Crippen LogP contribution is 2.12. The maximum atomic E-state index is 12.1. The van der Waals surface area contributed by atoms with Gasteiger partial charge in [0.15, 0.2) is 12.4 Å². The van der Waals surface area contributed by atoms with Gasteiger partial charge in [-0.1, -0.05) is 36.4 Å². The molecule has 0 radical (unpaired) electrons. The van der Waals surface area contributed by atoms with Gasteiger partial charge in [-0.2, -0.15) is 0 Å². The maximum absolute atomic E-state index is 12.1.